The molecule has 1 amide bonds. The second-order valence-electron chi connectivity index (χ2n) is 9.20. The predicted octanol–water partition coefficient (Wildman–Crippen LogP) is 6.71. The molecule has 0 bridgehead atoms. The van der Waals surface area contributed by atoms with Crippen molar-refractivity contribution in [3.05, 3.63) is 54.4 Å². The van der Waals surface area contributed by atoms with Gasteiger partial charge in [-0.3, -0.25) is 4.79 Å². The van der Waals surface area contributed by atoms with Gasteiger partial charge < -0.3 is 25.3 Å². The number of benzene rings is 1. The zero-order valence-electron chi connectivity index (χ0n) is 19.3. The van der Waals surface area contributed by atoms with Crippen LogP contribution in [-0.4, -0.2) is 41.2 Å². The summed E-state index contributed by atoms with van der Waals surface area (Å²) in [5.41, 5.74) is 2.30. The van der Waals surface area contributed by atoms with Crippen molar-refractivity contribution >= 4 is 71.0 Å². The SMILES string of the molecule is CC(C)(C)OC(=O)N(CCCNc1[nH]c2ccsc2c(=O)c1Br)C1CCNc2c(Br)cccc21. The van der Waals surface area contributed by atoms with Crippen LogP contribution in [0.2, 0.25) is 0 Å². The molecule has 3 aromatic rings. The van der Waals surface area contributed by atoms with Crippen molar-refractivity contribution in [2.24, 2.45) is 0 Å². The van der Waals surface area contributed by atoms with Crippen molar-refractivity contribution in [2.45, 2.75) is 45.3 Å². The van der Waals surface area contributed by atoms with Gasteiger partial charge in [-0.1, -0.05) is 12.1 Å². The average Bonchev–Trinajstić information content (AvgIpc) is 3.24. The number of aromatic nitrogens is 1. The highest BCUT2D eigenvalue weighted by Gasteiger charge is 2.32. The van der Waals surface area contributed by atoms with Crippen LogP contribution in [0.25, 0.3) is 10.2 Å². The maximum atomic E-state index is 13.2. The number of anilines is 2. The lowest BCUT2D eigenvalue weighted by Gasteiger charge is -2.37. The van der Waals surface area contributed by atoms with Gasteiger partial charge in [0, 0.05) is 24.1 Å². The van der Waals surface area contributed by atoms with E-state index < -0.39 is 5.60 Å². The van der Waals surface area contributed by atoms with E-state index in [1.165, 1.54) is 11.3 Å². The van der Waals surface area contributed by atoms with Crippen LogP contribution in [0.15, 0.2) is 43.4 Å². The molecule has 0 saturated carbocycles. The van der Waals surface area contributed by atoms with Crippen molar-refractivity contribution in [3.8, 4) is 0 Å². The van der Waals surface area contributed by atoms with Gasteiger partial charge in [0.25, 0.3) is 0 Å². The number of ether oxygens (including phenoxy) is 1. The zero-order chi connectivity index (χ0) is 24.5. The summed E-state index contributed by atoms with van der Waals surface area (Å²) in [5.74, 6) is 0.649. The van der Waals surface area contributed by atoms with Gasteiger partial charge in [-0.05, 0) is 88.5 Å². The quantitative estimate of drug-likeness (QED) is 0.270. The van der Waals surface area contributed by atoms with E-state index in [2.05, 4.69) is 53.5 Å². The molecule has 1 aliphatic heterocycles. The number of pyridine rings is 1. The fourth-order valence-electron chi connectivity index (χ4n) is 4.08. The highest BCUT2D eigenvalue weighted by Crippen LogP contribution is 2.39. The van der Waals surface area contributed by atoms with E-state index in [9.17, 15) is 9.59 Å². The smallest absolute Gasteiger partial charge is 0.410 e. The Balaban J connectivity index is 1.50. The van der Waals surface area contributed by atoms with E-state index >= 15 is 0 Å². The molecule has 0 saturated heterocycles. The van der Waals surface area contributed by atoms with E-state index in [1.54, 1.807) is 0 Å². The molecule has 0 spiro atoms. The molecule has 0 fully saturated rings. The van der Waals surface area contributed by atoms with E-state index in [0.29, 0.717) is 34.5 Å². The summed E-state index contributed by atoms with van der Waals surface area (Å²) >= 11 is 8.46. The fourth-order valence-corrected chi connectivity index (χ4v) is 5.97. The molecule has 1 unspecified atom stereocenters. The second-order valence-corrected chi connectivity index (χ2v) is 11.8. The third-order valence-corrected chi connectivity index (χ3v) is 7.89. The number of hydrogen-bond donors (Lipinski definition) is 3. The van der Waals surface area contributed by atoms with Gasteiger partial charge in [-0.2, -0.15) is 0 Å². The molecule has 182 valence electrons. The minimum absolute atomic E-state index is 0.0291. The maximum Gasteiger partial charge on any atom is 0.410 e. The Kier molecular flexibility index (Phi) is 7.59. The third kappa shape index (κ3) is 5.44. The predicted molar refractivity (Wildman–Crippen MR) is 146 cm³/mol. The van der Waals surface area contributed by atoms with Gasteiger partial charge in [-0.25, -0.2) is 4.79 Å². The molecule has 0 aliphatic carbocycles. The molecule has 3 heterocycles. The fraction of sp³-hybridized carbons (Fsp3) is 0.417. The lowest BCUT2D eigenvalue weighted by molar-refractivity contribution is 0.0148. The minimum atomic E-state index is -0.582. The number of H-pyrrole nitrogens is 1. The molecule has 1 aromatic carbocycles. The first-order valence-corrected chi connectivity index (χ1v) is 13.7. The number of rotatable bonds is 6. The van der Waals surface area contributed by atoms with E-state index in [0.717, 1.165) is 34.2 Å². The number of fused-ring (bicyclic) bond motifs is 2. The van der Waals surface area contributed by atoms with Gasteiger partial charge in [0.05, 0.1) is 21.9 Å². The number of nitrogens with one attached hydrogen (secondary N) is 3. The Morgan fingerprint density at radius 2 is 2.09 bits per heavy atom. The number of carbonyl (C=O) groups is 1. The van der Waals surface area contributed by atoms with E-state index in [4.69, 9.17) is 4.74 Å². The van der Waals surface area contributed by atoms with Crippen LogP contribution < -0.4 is 16.1 Å². The van der Waals surface area contributed by atoms with Crippen LogP contribution in [0.4, 0.5) is 16.3 Å². The summed E-state index contributed by atoms with van der Waals surface area (Å²) in [5, 5.41) is 8.65. The first kappa shape index (κ1) is 25.1. The molecular formula is C24H28Br2N4O3S. The standard InChI is InChI=1S/C24H28Br2N4O3S/c1-24(2,3)33-23(32)30(17-8-11-27-19-14(17)6-4-7-15(19)25)12-5-10-28-22-18(26)20(31)21-16(29-22)9-13-34-21/h4,6-7,9,13,17,27H,5,8,10-12H2,1-3H3,(H2,28,29,31). The maximum absolute atomic E-state index is 13.2. The molecule has 3 N–H and O–H groups in total. The number of halogens is 2. The molecule has 4 rings (SSSR count). The van der Waals surface area contributed by atoms with Crippen LogP contribution in [0.5, 0.6) is 0 Å². The summed E-state index contributed by atoms with van der Waals surface area (Å²) in [6.07, 6.45) is 1.16. The molecule has 34 heavy (non-hydrogen) atoms. The molecule has 1 aliphatic rings. The number of carbonyl (C=O) groups excluding carboxylic acids is 1. The first-order valence-electron chi connectivity index (χ1n) is 11.2. The number of para-hydroxylation sites is 1. The van der Waals surface area contributed by atoms with Crippen LogP contribution in [0, 0.1) is 0 Å². The van der Waals surface area contributed by atoms with Crippen LogP contribution >= 0.6 is 43.2 Å². The van der Waals surface area contributed by atoms with Gasteiger partial charge in [0.2, 0.25) is 5.43 Å². The zero-order valence-corrected chi connectivity index (χ0v) is 23.3. The van der Waals surface area contributed by atoms with Gasteiger partial charge in [0.1, 0.15) is 15.9 Å². The lowest BCUT2D eigenvalue weighted by Crippen LogP contribution is -2.42. The Labute approximate surface area is 219 Å². The normalized spacial score (nSPS) is 15.5. The number of amides is 1. The Morgan fingerprint density at radius 3 is 2.85 bits per heavy atom. The van der Waals surface area contributed by atoms with Crippen molar-refractivity contribution in [2.75, 3.05) is 30.3 Å². The summed E-state index contributed by atoms with van der Waals surface area (Å²) in [7, 11) is 0. The molecular weight excluding hydrogens is 584 g/mol. The molecule has 7 nitrogen and oxygen atoms in total. The van der Waals surface area contributed by atoms with Crippen LogP contribution in [0.1, 0.15) is 45.2 Å². The van der Waals surface area contributed by atoms with Crippen molar-refractivity contribution in [3.63, 3.8) is 0 Å². The summed E-state index contributed by atoms with van der Waals surface area (Å²) in [6.45, 7) is 7.51. The van der Waals surface area contributed by atoms with E-state index in [-0.39, 0.29) is 17.6 Å². The minimum Gasteiger partial charge on any atom is -0.444 e. The molecule has 0 radical (unpaired) electrons. The number of thiophene rings is 1. The summed E-state index contributed by atoms with van der Waals surface area (Å²) in [6, 6.07) is 7.86. The highest BCUT2D eigenvalue weighted by atomic mass is 79.9. The second kappa shape index (κ2) is 10.3. The average molecular weight is 612 g/mol. The molecule has 1 atom stereocenters. The van der Waals surface area contributed by atoms with Gasteiger partial charge in [0.15, 0.2) is 0 Å². The largest absolute Gasteiger partial charge is 0.444 e. The van der Waals surface area contributed by atoms with Gasteiger partial charge in [-0.15, -0.1) is 11.3 Å². The van der Waals surface area contributed by atoms with Crippen molar-refractivity contribution in [1.29, 1.82) is 0 Å². The monoisotopic (exact) mass is 610 g/mol. The summed E-state index contributed by atoms with van der Waals surface area (Å²) in [4.78, 5) is 30.9. The van der Waals surface area contributed by atoms with Crippen LogP contribution in [0.3, 0.4) is 0 Å². The third-order valence-electron chi connectivity index (χ3n) is 5.56. The van der Waals surface area contributed by atoms with Crippen molar-refractivity contribution < 1.29 is 9.53 Å². The highest BCUT2D eigenvalue weighted by molar-refractivity contribution is 9.11. The number of nitrogens with zero attached hydrogens (tertiary/aromatic N) is 1. The molecule has 2 aromatic heterocycles. The van der Waals surface area contributed by atoms with Crippen LogP contribution in [-0.2, 0) is 4.74 Å². The molecule has 10 heteroatoms. The first-order chi connectivity index (χ1) is 16.2. The Morgan fingerprint density at radius 1 is 1.29 bits per heavy atom. The number of aromatic amines is 1. The van der Waals surface area contributed by atoms with Crippen molar-refractivity contribution in [1.82, 2.24) is 9.88 Å². The Bertz CT molecular complexity index is 1250. The lowest BCUT2D eigenvalue weighted by atomic mass is 9.96. The Hall–Kier alpha value is -2.04. The van der Waals surface area contributed by atoms with E-state index in [1.807, 2.05) is 49.3 Å². The summed E-state index contributed by atoms with van der Waals surface area (Å²) < 4.78 is 7.94. The number of hydrogen-bond acceptors (Lipinski definition) is 6. The van der Waals surface area contributed by atoms with Gasteiger partial charge >= 0.3 is 6.09 Å². The topological polar surface area (TPSA) is 86.5 Å².